The van der Waals surface area contributed by atoms with E-state index in [4.69, 9.17) is 9.47 Å². The molecule has 0 bridgehead atoms. The number of ether oxygens (including phenoxy) is 2. The zero-order valence-corrected chi connectivity index (χ0v) is 14.1. The molecule has 2 fully saturated rings. The van der Waals surface area contributed by atoms with Crippen LogP contribution in [0, 0.1) is 12.7 Å². The van der Waals surface area contributed by atoms with Crippen molar-refractivity contribution in [2.75, 3.05) is 18.1 Å². The van der Waals surface area contributed by atoms with Crippen LogP contribution in [0.15, 0.2) is 30.6 Å². The van der Waals surface area contributed by atoms with Crippen molar-refractivity contribution in [1.82, 2.24) is 15.0 Å². The van der Waals surface area contributed by atoms with Gasteiger partial charge in [-0.2, -0.15) is 0 Å². The Bertz CT molecular complexity index is 727. The van der Waals surface area contributed by atoms with E-state index < -0.39 is 5.82 Å². The Hall–Kier alpha value is -2.12. The van der Waals surface area contributed by atoms with Crippen LogP contribution in [0.2, 0.25) is 0 Å². The molecule has 132 valence electrons. The Morgan fingerprint density at radius 2 is 2.12 bits per heavy atom. The van der Waals surface area contributed by atoms with Gasteiger partial charge in [-0.05, 0) is 31.9 Å². The molecule has 0 spiro atoms. The summed E-state index contributed by atoms with van der Waals surface area (Å²) in [6, 6.07) is 6.10. The van der Waals surface area contributed by atoms with Crippen LogP contribution >= 0.6 is 0 Å². The van der Waals surface area contributed by atoms with E-state index in [1.807, 2.05) is 25.1 Å². The number of halogens is 1. The number of hydrogen-bond donors (Lipinski definition) is 0. The number of pyridine rings is 1. The van der Waals surface area contributed by atoms with Crippen LogP contribution in [0.4, 0.5) is 10.3 Å². The quantitative estimate of drug-likeness (QED) is 0.848. The van der Waals surface area contributed by atoms with Crippen molar-refractivity contribution in [3.63, 3.8) is 0 Å². The van der Waals surface area contributed by atoms with Gasteiger partial charge >= 0.3 is 0 Å². The average molecular weight is 344 g/mol. The van der Waals surface area contributed by atoms with E-state index in [9.17, 15) is 4.39 Å². The van der Waals surface area contributed by atoms with Gasteiger partial charge in [-0.1, -0.05) is 6.07 Å². The van der Waals surface area contributed by atoms with Crippen molar-refractivity contribution in [2.24, 2.45) is 0 Å². The highest BCUT2D eigenvalue weighted by molar-refractivity contribution is 5.33. The third-order valence-corrected chi connectivity index (χ3v) is 4.79. The standard InChI is InChI=1S/C18H21FN4O2/c1-12-3-2-4-14(22-12)11-25-16-6-5-15-17(16)24-8-7-23(15)18-20-9-13(19)10-21-18/h2-4,9-10,15-17H,5-8,11H2,1H3/t15-,16+,17+/m0/s1. The molecule has 0 radical (unpaired) electrons. The molecule has 7 heteroatoms. The van der Waals surface area contributed by atoms with Crippen LogP contribution in [0.3, 0.4) is 0 Å². The van der Waals surface area contributed by atoms with E-state index in [2.05, 4.69) is 19.9 Å². The number of nitrogens with zero attached hydrogens (tertiary/aromatic N) is 4. The van der Waals surface area contributed by atoms with Gasteiger partial charge in [0, 0.05) is 12.2 Å². The van der Waals surface area contributed by atoms with E-state index in [1.165, 1.54) is 12.4 Å². The van der Waals surface area contributed by atoms with Crippen molar-refractivity contribution in [3.8, 4) is 0 Å². The van der Waals surface area contributed by atoms with Crippen molar-refractivity contribution in [2.45, 2.75) is 44.6 Å². The second-order valence-corrected chi connectivity index (χ2v) is 6.49. The molecule has 2 aromatic rings. The van der Waals surface area contributed by atoms with Crippen LogP contribution in [-0.4, -0.2) is 46.4 Å². The Labute approximate surface area is 146 Å². The van der Waals surface area contributed by atoms with Crippen LogP contribution in [0.5, 0.6) is 0 Å². The fraction of sp³-hybridized carbons (Fsp3) is 0.500. The normalized spacial score (nSPS) is 25.8. The molecule has 0 N–H and O–H groups in total. The van der Waals surface area contributed by atoms with Gasteiger partial charge in [-0.25, -0.2) is 14.4 Å². The molecule has 3 heterocycles. The maximum absolute atomic E-state index is 13.1. The topological polar surface area (TPSA) is 60.4 Å². The number of aromatic nitrogens is 3. The fourth-order valence-electron chi connectivity index (χ4n) is 3.67. The van der Waals surface area contributed by atoms with Gasteiger partial charge in [0.05, 0.1) is 43.4 Å². The molecule has 1 saturated carbocycles. The molecule has 0 unspecified atom stereocenters. The summed E-state index contributed by atoms with van der Waals surface area (Å²) in [5, 5.41) is 0. The Morgan fingerprint density at radius 1 is 1.28 bits per heavy atom. The van der Waals surface area contributed by atoms with Gasteiger partial charge in [0.25, 0.3) is 0 Å². The number of hydrogen-bond acceptors (Lipinski definition) is 6. The largest absolute Gasteiger partial charge is 0.372 e. The second-order valence-electron chi connectivity index (χ2n) is 6.49. The number of rotatable bonds is 4. The van der Waals surface area contributed by atoms with Crippen LogP contribution in [0.25, 0.3) is 0 Å². The molecule has 6 nitrogen and oxygen atoms in total. The summed E-state index contributed by atoms with van der Waals surface area (Å²) in [5.41, 5.74) is 1.91. The van der Waals surface area contributed by atoms with Gasteiger partial charge < -0.3 is 14.4 Å². The first-order valence-corrected chi connectivity index (χ1v) is 8.60. The lowest BCUT2D eigenvalue weighted by atomic mass is 10.1. The van der Waals surface area contributed by atoms with Gasteiger partial charge in [0.15, 0.2) is 5.82 Å². The minimum Gasteiger partial charge on any atom is -0.372 e. The minimum atomic E-state index is -0.424. The summed E-state index contributed by atoms with van der Waals surface area (Å²) in [4.78, 5) is 14.8. The molecular formula is C18H21FN4O2. The highest BCUT2D eigenvalue weighted by atomic mass is 19.1. The molecule has 0 aromatic carbocycles. The van der Waals surface area contributed by atoms with E-state index >= 15 is 0 Å². The summed E-state index contributed by atoms with van der Waals surface area (Å²) >= 11 is 0. The summed E-state index contributed by atoms with van der Waals surface area (Å²) in [6.45, 7) is 3.75. The lowest BCUT2D eigenvalue weighted by molar-refractivity contribution is -0.0779. The van der Waals surface area contributed by atoms with Crippen LogP contribution in [-0.2, 0) is 16.1 Å². The van der Waals surface area contributed by atoms with Crippen LogP contribution in [0.1, 0.15) is 24.2 Å². The lowest BCUT2D eigenvalue weighted by Gasteiger charge is -2.38. The Balaban J connectivity index is 1.43. The SMILES string of the molecule is Cc1cccc(CO[C@@H]2CC[C@H]3[C@H]2OCCN3c2ncc(F)cn2)n1. The molecule has 2 aromatic heterocycles. The number of aryl methyl sites for hydroxylation is 1. The molecule has 1 aliphatic heterocycles. The molecule has 1 aliphatic carbocycles. The molecule has 3 atom stereocenters. The predicted octanol–water partition coefficient (Wildman–Crippen LogP) is 2.27. The Kier molecular flexibility index (Phi) is 4.59. The van der Waals surface area contributed by atoms with Gasteiger partial charge in [0.1, 0.15) is 6.10 Å². The van der Waals surface area contributed by atoms with Crippen molar-refractivity contribution in [1.29, 1.82) is 0 Å². The average Bonchev–Trinajstić information content (AvgIpc) is 3.04. The highest BCUT2D eigenvalue weighted by Gasteiger charge is 2.44. The smallest absolute Gasteiger partial charge is 0.225 e. The second kappa shape index (κ2) is 7.01. The predicted molar refractivity (Wildman–Crippen MR) is 89.6 cm³/mol. The summed E-state index contributed by atoms with van der Waals surface area (Å²) in [6.07, 6.45) is 4.27. The van der Waals surface area contributed by atoms with Crippen molar-refractivity contribution < 1.29 is 13.9 Å². The molecule has 4 rings (SSSR count). The molecule has 2 aliphatic rings. The number of fused-ring (bicyclic) bond motifs is 1. The molecule has 25 heavy (non-hydrogen) atoms. The molecular weight excluding hydrogens is 323 g/mol. The third-order valence-electron chi connectivity index (χ3n) is 4.79. The fourth-order valence-corrected chi connectivity index (χ4v) is 3.67. The first-order chi connectivity index (χ1) is 12.2. The van der Waals surface area contributed by atoms with E-state index in [0.717, 1.165) is 24.2 Å². The van der Waals surface area contributed by atoms with Crippen LogP contribution < -0.4 is 4.90 Å². The monoisotopic (exact) mass is 344 g/mol. The number of anilines is 1. The van der Waals surface area contributed by atoms with E-state index in [-0.39, 0.29) is 18.2 Å². The van der Waals surface area contributed by atoms with Gasteiger partial charge in [0.2, 0.25) is 5.95 Å². The highest BCUT2D eigenvalue weighted by Crippen LogP contribution is 2.34. The first-order valence-electron chi connectivity index (χ1n) is 8.60. The summed E-state index contributed by atoms with van der Waals surface area (Å²) in [7, 11) is 0. The van der Waals surface area contributed by atoms with Crippen molar-refractivity contribution in [3.05, 3.63) is 47.8 Å². The Morgan fingerprint density at radius 3 is 2.92 bits per heavy atom. The van der Waals surface area contributed by atoms with Crippen molar-refractivity contribution >= 4 is 5.95 Å². The lowest BCUT2D eigenvalue weighted by Crippen LogP contribution is -2.52. The summed E-state index contributed by atoms with van der Waals surface area (Å²) in [5.74, 6) is 0.132. The zero-order valence-electron chi connectivity index (χ0n) is 14.1. The third kappa shape index (κ3) is 3.48. The number of morpholine rings is 1. The van der Waals surface area contributed by atoms with E-state index in [0.29, 0.717) is 25.7 Å². The maximum Gasteiger partial charge on any atom is 0.225 e. The first kappa shape index (κ1) is 16.4. The molecule has 0 amide bonds. The minimum absolute atomic E-state index is 0.0211. The molecule has 1 saturated heterocycles. The van der Waals surface area contributed by atoms with E-state index in [1.54, 1.807) is 0 Å². The van der Waals surface area contributed by atoms with Gasteiger partial charge in [-0.15, -0.1) is 0 Å². The summed E-state index contributed by atoms with van der Waals surface area (Å²) < 4.78 is 25.2. The zero-order chi connectivity index (χ0) is 17.2. The van der Waals surface area contributed by atoms with Gasteiger partial charge in [-0.3, -0.25) is 4.98 Å². The maximum atomic E-state index is 13.1.